The average molecular weight is 318 g/mol. The molecule has 0 amide bonds. The molecule has 2 heterocycles. The molecule has 2 aromatic rings. The van der Waals surface area contributed by atoms with Crippen molar-refractivity contribution < 1.29 is 4.39 Å². The van der Waals surface area contributed by atoms with Crippen LogP contribution >= 0.6 is 11.8 Å². The lowest BCUT2D eigenvalue weighted by Crippen LogP contribution is -2.17. The number of benzene rings is 1. The molecule has 1 aromatic heterocycles. The van der Waals surface area contributed by atoms with Crippen molar-refractivity contribution in [3.8, 4) is 11.3 Å². The Balaban J connectivity index is 1.93. The molecule has 0 saturated heterocycles. The number of rotatable bonds is 5. The standard InChI is InChI=1S/C18H23FN2S/c1-20(2)9-3-10-21-17-8-11-22-13-15(17)12-18(21)14-4-6-16(19)7-5-14/h4-7,12H,3,8-11,13H2,1-2H3. The van der Waals surface area contributed by atoms with Gasteiger partial charge in [0.1, 0.15) is 5.82 Å². The van der Waals surface area contributed by atoms with Crippen molar-refractivity contribution in [3.63, 3.8) is 0 Å². The molecule has 0 spiro atoms. The molecule has 0 radical (unpaired) electrons. The lowest BCUT2D eigenvalue weighted by Gasteiger charge is -2.18. The van der Waals surface area contributed by atoms with E-state index in [1.807, 2.05) is 23.9 Å². The number of nitrogens with zero attached hydrogens (tertiary/aromatic N) is 2. The fourth-order valence-corrected chi connectivity index (χ4v) is 4.03. The van der Waals surface area contributed by atoms with Crippen molar-refractivity contribution in [2.75, 3.05) is 26.4 Å². The Morgan fingerprint density at radius 2 is 2.00 bits per heavy atom. The van der Waals surface area contributed by atoms with E-state index in [1.165, 1.54) is 22.7 Å². The van der Waals surface area contributed by atoms with E-state index < -0.39 is 0 Å². The summed E-state index contributed by atoms with van der Waals surface area (Å²) in [5.74, 6) is 2.13. The fraction of sp³-hybridized carbons (Fsp3) is 0.444. The third-order valence-electron chi connectivity index (χ3n) is 4.17. The maximum absolute atomic E-state index is 13.2. The van der Waals surface area contributed by atoms with E-state index in [0.717, 1.165) is 37.2 Å². The van der Waals surface area contributed by atoms with Gasteiger partial charge in [-0.15, -0.1) is 0 Å². The minimum Gasteiger partial charge on any atom is -0.344 e. The van der Waals surface area contributed by atoms with E-state index in [-0.39, 0.29) is 5.82 Å². The number of aromatic nitrogens is 1. The second kappa shape index (κ2) is 6.88. The summed E-state index contributed by atoms with van der Waals surface area (Å²) in [6, 6.07) is 9.21. The van der Waals surface area contributed by atoms with Gasteiger partial charge in [-0.2, -0.15) is 11.8 Å². The Labute approximate surface area is 136 Å². The van der Waals surface area contributed by atoms with Crippen molar-refractivity contribution >= 4 is 11.8 Å². The number of fused-ring (bicyclic) bond motifs is 1. The van der Waals surface area contributed by atoms with Gasteiger partial charge in [-0.25, -0.2) is 4.39 Å². The van der Waals surface area contributed by atoms with Crippen LogP contribution in [-0.4, -0.2) is 35.9 Å². The van der Waals surface area contributed by atoms with Crippen LogP contribution in [0.4, 0.5) is 4.39 Å². The van der Waals surface area contributed by atoms with Crippen LogP contribution in [0.15, 0.2) is 30.3 Å². The molecule has 0 bridgehead atoms. The zero-order valence-electron chi connectivity index (χ0n) is 13.3. The van der Waals surface area contributed by atoms with Crippen molar-refractivity contribution in [1.82, 2.24) is 9.47 Å². The van der Waals surface area contributed by atoms with Crippen molar-refractivity contribution in [3.05, 3.63) is 47.4 Å². The number of halogens is 1. The van der Waals surface area contributed by atoms with Crippen LogP contribution in [0.3, 0.4) is 0 Å². The molecule has 1 aliphatic rings. The molecule has 1 aliphatic heterocycles. The molecule has 0 atom stereocenters. The van der Waals surface area contributed by atoms with Gasteiger partial charge in [-0.1, -0.05) is 0 Å². The highest BCUT2D eigenvalue weighted by Crippen LogP contribution is 2.33. The predicted molar refractivity (Wildman–Crippen MR) is 92.9 cm³/mol. The molecule has 1 aromatic carbocycles. The van der Waals surface area contributed by atoms with Gasteiger partial charge in [0, 0.05) is 23.7 Å². The lowest BCUT2D eigenvalue weighted by atomic mass is 10.1. The monoisotopic (exact) mass is 318 g/mol. The van der Waals surface area contributed by atoms with Crippen LogP contribution in [0.5, 0.6) is 0 Å². The van der Waals surface area contributed by atoms with Gasteiger partial charge in [-0.3, -0.25) is 0 Å². The second-order valence-corrected chi connectivity index (χ2v) is 7.22. The first-order valence-electron chi connectivity index (χ1n) is 7.85. The summed E-state index contributed by atoms with van der Waals surface area (Å²) >= 11 is 2.00. The summed E-state index contributed by atoms with van der Waals surface area (Å²) in [7, 11) is 4.23. The molecule has 0 saturated carbocycles. The topological polar surface area (TPSA) is 8.17 Å². The zero-order valence-corrected chi connectivity index (χ0v) is 14.1. The second-order valence-electron chi connectivity index (χ2n) is 6.12. The molecular formula is C18H23FN2S. The number of hydrogen-bond donors (Lipinski definition) is 0. The van der Waals surface area contributed by atoms with Crippen LogP contribution < -0.4 is 0 Å². The van der Waals surface area contributed by atoms with Crippen LogP contribution in [0.1, 0.15) is 17.7 Å². The molecule has 0 unspecified atom stereocenters. The normalized spacial score (nSPS) is 14.4. The number of thioether (sulfide) groups is 1. The molecule has 0 aliphatic carbocycles. The van der Waals surface area contributed by atoms with E-state index >= 15 is 0 Å². The quantitative estimate of drug-likeness (QED) is 0.822. The van der Waals surface area contributed by atoms with E-state index in [4.69, 9.17) is 0 Å². The molecule has 4 heteroatoms. The maximum Gasteiger partial charge on any atom is 0.123 e. The van der Waals surface area contributed by atoms with Crippen molar-refractivity contribution in [1.29, 1.82) is 0 Å². The lowest BCUT2D eigenvalue weighted by molar-refractivity contribution is 0.385. The first kappa shape index (κ1) is 15.6. The summed E-state index contributed by atoms with van der Waals surface area (Å²) in [5, 5.41) is 0. The van der Waals surface area contributed by atoms with Crippen LogP contribution in [0.2, 0.25) is 0 Å². The van der Waals surface area contributed by atoms with Crippen molar-refractivity contribution in [2.45, 2.75) is 25.1 Å². The maximum atomic E-state index is 13.2. The van der Waals surface area contributed by atoms with Gasteiger partial charge in [0.15, 0.2) is 0 Å². The predicted octanol–water partition coefficient (Wildman–Crippen LogP) is 4.04. The average Bonchev–Trinajstić information content (AvgIpc) is 2.87. The first-order valence-corrected chi connectivity index (χ1v) is 9.00. The minimum atomic E-state index is -0.171. The Bertz CT molecular complexity index is 631. The zero-order chi connectivity index (χ0) is 15.5. The van der Waals surface area contributed by atoms with Gasteiger partial charge in [0.25, 0.3) is 0 Å². The smallest absolute Gasteiger partial charge is 0.123 e. The summed E-state index contributed by atoms with van der Waals surface area (Å²) < 4.78 is 15.7. The first-order chi connectivity index (χ1) is 10.6. The molecule has 118 valence electrons. The summed E-state index contributed by atoms with van der Waals surface area (Å²) in [6.45, 7) is 2.12. The SMILES string of the molecule is CN(C)CCCn1c(-c2ccc(F)cc2)cc2c1CCSC2. The largest absolute Gasteiger partial charge is 0.344 e. The number of hydrogen-bond acceptors (Lipinski definition) is 2. The third kappa shape index (κ3) is 3.39. The van der Waals surface area contributed by atoms with Crippen LogP contribution in [-0.2, 0) is 18.7 Å². The van der Waals surface area contributed by atoms with Gasteiger partial charge < -0.3 is 9.47 Å². The van der Waals surface area contributed by atoms with E-state index in [9.17, 15) is 4.39 Å². The summed E-state index contributed by atoms with van der Waals surface area (Å²) in [4.78, 5) is 2.23. The van der Waals surface area contributed by atoms with E-state index in [0.29, 0.717) is 0 Å². The molecule has 22 heavy (non-hydrogen) atoms. The summed E-state index contributed by atoms with van der Waals surface area (Å²) in [6.07, 6.45) is 2.28. The Kier molecular flexibility index (Phi) is 4.89. The fourth-order valence-electron chi connectivity index (χ4n) is 3.08. The highest BCUT2D eigenvalue weighted by Gasteiger charge is 2.19. The molecule has 0 fully saturated rings. The Hall–Kier alpha value is -1.26. The van der Waals surface area contributed by atoms with E-state index in [2.05, 4.69) is 29.6 Å². The van der Waals surface area contributed by atoms with Crippen LogP contribution in [0, 0.1) is 5.82 Å². The van der Waals surface area contributed by atoms with Gasteiger partial charge in [0.2, 0.25) is 0 Å². The van der Waals surface area contributed by atoms with Crippen molar-refractivity contribution in [2.24, 2.45) is 0 Å². The van der Waals surface area contributed by atoms with Gasteiger partial charge >= 0.3 is 0 Å². The molecule has 0 N–H and O–H groups in total. The Morgan fingerprint density at radius 3 is 2.73 bits per heavy atom. The highest BCUT2D eigenvalue weighted by molar-refractivity contribution is 7.98. The molecule has 3 rings (SSSR count). The van der Waals surface area contributed by atoms with E-state index in [1.54, 1.807) is 12.1 Å². The van der Waals surface area contributed by atoms with Crippen LogP contribution in [0.25, 0.3) is 11.3 Å². The minimum absolute atomic E-state index is 0.171. The van der Waals surface area contributed by atoms with Gasteiger partial charge in [-0.05, 0) is 80.7 Å². The summed E-state index contributed by atoms with van der Waals surface area (Å²) in [5.41, 5.74) is 5.30. The molecular weight excluding hydrogens is 295 g/mol. The third-order valence-corrected chi connectivity index (χ3v) is 5.17. The molecule has 2 nitrogen and oxygen atoms in total. The Morgan fingerprint density at radius 1 is 1.23 bits per heavy atom. The van der Waals surface area contributed by atoms with Gasteiger partial charge in [0.05, 0.1) is 0 Å². The highest BCUT2D eigenvalue weighted by atomic mass is 32.2.